The third-order valence-corrected chi connectivity index (χ3v) is 6.39. The molecule has 0 amide bonds. The summed E-state index contributed by atoms with van der Waals surface area (Å²) in [5.74, 6) is -1.66. The Morgan fingerprint density at radius 3 is 2.14 bits per heavy atom. The van der Waals surface area contributed by atoms with Crippen LogP contribution in [-0.4, -0.2) is 19.5 Å². The van der Waals surface area contributed by atoms with Gasteiger partial charge < -0.3 is 5.11 Å². The van der Waals surface area contributed by atoms with Gasteiger partial charge in [-0.3, -0.25) is 0 Å². The van der Waals surface area contributed by atoms with E-state index in [4.69, 9.17) is 23.2 Å². The molecule has 144 valence electrons. The van der Waals surface area contributed by atoms with E-state index in [9.17, 15) is 18.3 Å². The van der Waals surface area contributed by atoms with Crippen LogP contribution in [0.4, 0.5) is 0 Å². The maximum atomic E-state index is 12.9. The van der Waals surface area contributed by atoms with Crippen LogP contribution in [0.1, 0.15) is 21.5 Å². The Morgan fingerprint density at radius 2 is 1.57 bits per heavy atom. The minimum absolute atomic E-state index is 0.0473. The minimum Gasteiger partial charge on any atom is -0.478 e. The molecule has 4 nitrogen and oxygen atoms in total. The predicted octanol–water partition coefficient (Wildman–Crippen LogP) is 5.64. The highest BCUT2D eigenvalue weighted by atomic mass is 35.5. The molecule has 0 aliphatic heterocycles. The van der Waals surface area contributed by atoms with E-state index >= 15 is 0 Å². The van der Waals surface area contributed by atoms with Crippen molar-refractivity contribution in [1.29, 1.82) is 0 Å². The number of carboxylic acids is 1. The normalized spacial score (nSPS) is 11.4. The van der Waals surface area contributed by atoms with E-state index in [1.807, 2.05) is 30.3 Å². The summed E-state index contributed by atoms with van der Waals surface area (Å²) < 4.78 is 25.8. The lowest BCUT2D eigenvalue weighted by Gasteiger charge is -2.14. The molecule has 3 aromatic carbocycles. The number of rotatable bonds is 5. The first-order valence-corrected chi connectivity index (χ1v) is 10.7. The summed E-state index contributed by atoms with van der Waals surface area (Å²) in [7, 11) is -3.86. The Labute approximate surface area is 173 Å². The van der Waals surface area contributed by atoms with Gasteiger partial charge in [0.1, 0.15) is 0 Å². The molecule has 3 rings (SSSR count). The van der Waals surface area contributed by atoms with E-state index in [2.05, 4.69) is 0 Å². The van der Waals surface area contributed by atoms with Crippen LogP contribution in [0.2, 0.25) is 10.0 Å². The van der Waals surface area contributed by atoms with E-state index in [0.717, 1.165) is 16.7 Å². The third-order valence-electron chi connectivity index (χ3n) is 4.31. The number of benzene rings is 3. The van der Waals surface area contributed by atoms with Crippen molar-refractivity contribution in [2.24, 2.45) is 0 Å². The summed E-state index contributed by atoms with van der Waals surface area (Å²) in [6.07, 6.45) is 0. The van der Waals surface area contributed by atoms with Crippen molar-refractivity contribution >= 4 is 39.0 Å². The van der Waals surface area contributed by atoms with Crippen LogP contribution in [0.15, 0.2) is 65.6 Å². The van der Waals surface area contributed by atoms with Gasteiger partial charge in [0.25, 0.3) is 0 Å². The van der Waals surface area contributed by atoms with Crippen molar-refractivity contribution in [2.45, 2.75) is 17.6 Å². The molecule has 0 saturated carbocycles. The van der Waals surface area contributed by atoms with Crippen LogP contribution in [0.3, 0.4) is 0 Å². The summed E-state index contributed by atoms with van der Waals surface area (Å²) in [6.45, 7) is 1.80. The summed E-state index contributed by atoms with van der Waals surface area (Å²) in [5.41, 5.74) is 2.55. The molecular formula is C21H16Cl2O4S. The number of aromatic carboxylic acids is 1. The first-order chi connectivity index (χ1) is 13.2. The van der Waals surface area contributed by atoms with E-state index in [1.165, 1.54) is 24.3 Å². The van der Waals surface area contributed by atoms with Gasteiger partial charge in [-0.2, -0.15) is 0 Å². The quantitative estimate of drug-likeness (QED) is 0.563. The first-order valence-electron chi connectivity index (χ1n) is 8.28. The summed E-state index contributed by atoms with van der Waals surface area (Å²) in [6, 6.07) is 16.5. The van der Waals surface area contributed by atoms with Gasteiger partial charge in [-0.15, -0.1) is 0 Å². The fraction of sp³-hybridized carbons (Fsp3) is 0.0952. The van der Waals surface area contributed by atoms with Crippen LogP contribution in [0.5, 0.6) is 0 Å². The van der Waals surface area contributed by atoms with Gasteiger partial charge >= 0.3 is 5.97 Å². The van der Waals surface area contributed by atoms with Crippen LogP contribution in [0, 0.1) is 6.92 Å². The van der Waals surface area contributed by atoms with Gasteiger partial charge in [0.2, 0.25) is 0 Å². The van der Waals surface area contributed by atoms with Crippen molar-refractivity contribution < 1.29 is 18.3 Å². The SMILES string of the molecule is Cc1cc(C(=O)O)c(CS(=O)(=O)c2cc(Cl)cc(Cl)c2)cc1-c1ccccc1. The second-order valence-corrected chi connectivity index (χ2v) is 9.22. The number of hydrogen-bond acceptors (Lipinski definition) is 3. The van der Waals surface area contributed by atoms with Crippen LogP contribution < -0.4 is 0 Å². The van der Waals surface area contributed by atoms with Crippen molar-refractivity contribution in [3.63, 3.8) is 0 Å². The Hall–Kier alpha value is -2.34. The van der Waals surface area contributed by atoms with Crippen molar-refractivity contribution in [1.82, 2.24) is 0 Å². The van der Waals surface area contributed by atoms with E-state index < -0.39 is 21.6 Å². The Bertz CT molecular complexity index is 1140. The number of carboxylic acid groups (broad SMARTS) is 1. The largest absolute Gasteiger partial charge is 0.478 e. The molecule has 0 fully saturated rings. The van der Waals surface area contributed by atoms with E-state index in [1.54, 1.807) is 13.0 Å². The molecule has 1 N–H and O–H groups in total. The minimum atomic E-state index is -3.86. The topological polar surface area (TPSA) is 71.4 Å². The van der Waals surface area contributed by atoms with Crippen molar-refractivity contribution in [3.8, 4) is 11.1 Å². The fourth-order valence-electron chi connectivity index (χ4n) is 3.00. The number of halogens is 2. The molecule has 0 aromatic heterocycles. The van der Waals surface area contributed by atoms with Crippen molar-refractivity contribution in [3.05, 3.63) is 87.4 Å². The summed E-state index contributed by atoms with van der Waals surface area (Å²) >= 11 is 11.8. The van der Waals surface area contributed by atoms with E-state index in [0.29, 0.717) is 0 Å². The zero-order chi connectivity index (χ0) is 20.5. The summed E-state index contributed by atoms with van der Waals surface area (Å²) in [4.78, 5) is 11.7. The smallest absolute Gasteiger partial charge is 0.336 e. The standard InChI is InChI=1S/C21H16Cl2O4S/c1-13-7-20(21(24)25)15(8-19(13)14-5-3-2-4-6-14)12-28(26,27)18-10-16(22)9-17(23)11-18/h2-11H,12H2,1H3,(H,24,25). The molecule has 0 spiro atoms. The Morgan fingerprint density at radius 1 is 0.964 bits per heavy atom. The number of carbonyl (C=O) groups is 1. The highest BCUT2D eigenvalue weighted by Gasteiger charge is 2.22. The monoisotopic (exact) mass is 434 g/mol. The van der Waals surface area contributed by atoms with Gasteiger partial charge in [0, 0.05) is 10.0 Å². The molecular weight excluding hydrogens is 419 g/mol. The second kappa shape index (κ2) is 7.95. The van der Waals surface area contributed by atoms with Crippen LogP contribution >= 0.6 is 23.2 Å². The zero-order valence-corrected chi connectivity index (χ0v) is 17.1. The average molecular weight is 435 g/mol. The number of hydrogen-bond donors (Lipinski definition) is 1. The molecule has 0 unspecified atom stereocenters. The number of sulfone groups is 1. The average Bonchev–Trinajstić information content (AvgIpc) is 2.62. The lowest BCUT2D eigenvalue weighted by molar-refractivity contribution is 0.0696. The Kier molecular flexibility index (Phi) is 5.79. The number of aryl methyl sites for hydroxylation is 1. The maximum absolute atomic E-state index is 12.9. The van der Waals surface area contributed by atoms with Gasteiger partial charge in [0.05, 0.1) is 16.2 Å². The third kappa shape index (κ3) is 4.38. The molecule has 7 heteroatoms. The van der Waals surface area contributed by atoms with Gasteiger partial charge in [-0.1, -0.05) is 53.5 Å². The Balaban J connectivity index is 2.13. The van der Waals surface area contributed by atoms with Crippen LogP contribution in [0.25, 0.3) is 11.1 Å². The van der Waals surface area contributed by atoms with Crippen molar-refractivity contribution in [2.75, 3.05) is 0 Å². The van der Waals surface area contributed by atoms with Gasteiger partial charge in [-0.25, -0.2) is 13.2 Å². The molecule has 0 radical (unpaired) electrons. The first kappa shape index (κ1) is 20.4. The molecule has 0 heterocycles. The molecule has 28 heavy (non-hydrogen) atoms. The molecule has 0 saturated heterocycles. The molecule has 0 aliphatic carbocycles. The van der Waals surface area contributed by atoms with Gasteiger partial charge in [0.15, 0.2) is 9.84 Å². The molecule has 0 bridgehead atoms. The highest BCUT2D eigenvalue weighted by molar-refractivity contribution is 7.90. The molecule has 0 atom stereocenters. The van der Waals surface area contributed by atoms with Crippen LogP contribution in [-0.2, 0) is 15.6 Å². The molecule has 3 aromatic rings. The summed E-state index contributed by atoms with van der Waals surface area (Å²) in [5, 5.41) is 9.96. The zero-order valence-electron chi connectivity index (χ0n) is 14.8. The highest BCUT2D eigenvalue weighted by Crippen LogP contribution is 2.30. The molecule has 0 aliphatic rings. The second-order valence-electron chi connectivity index (χ2n) is 6.36. The van der Waals surface area contributed by atoms with Gasteiger partial charge in [-0.05, 0) is 59.5 Å². The lowest BCUT2D eigenvalue weighted by atomic mass is 9.95. The van der Waals surface area contributed by atoms with E-state index in [-0.39, 0.29) is 26.1 Å². The fourth-order valence-corrected chi connectivity index (χ4v) is 5.08. The lowest BCUT2D eigenvalue weighted by Crippen LogP contribution is -2.11. The maximum Gasteiger partial charge on any atom is 0.336 e. The predicted molar refractivity (Wildman–Crippen MR) is 111 cm³/mol.